The summed E-state index contributed by atoms with van der Waals surface area (Å²) in [6, 6.07) is 15.1. The molecule has 2 aromatic heterocycles. The Balaban J connectivity index is 1.58. The highest BCUT2D eigenvalue weighted by molar-refractivity contribution is 7.15. The van der Waals surface area contributed by atoms with Crippen LogP contribution in [0.25, 0.3) is 5.00 Å². The van der Waals surface area contributed by atoms with E-state index in [1.165, 1.54) is 4.88 Å². The molecule has 0 saturated heterocycles. The predicted octanol–water partition coefficient (Wildman–Crippen LogP) is 5.37. The van der Waals surface area contributed by atoms with Crippen molar-refractivity contribution in [2.75, 3.05) is 12.4 Å². The molecule has 1 atom stereocenters. The van der Waals surface area contributed by atoms with Crippen LogP contribution < -0.4 is 10.1 Å². The summed E-state index contributed by atoms with van der Waals surface area (Å²) in [6.07, 6.45) is -0.163. The molecule has 0 bridgehead atoms. The number of carboxylic acid groups (broad SMARTS) is 1. The monoisotopic (exact) mass is 487 g/mol. The summed E-state index contributed by atoms with van der Waals surface area (Å²) in [7, 11) is 1.64. The normalized spacial score (nSPS) is 14.5. The van der Waals surface area contributed by atoms with Crippen molar-refractivity contribution in [3.8, 4) is 10.8 Å². The van der Waals surface area contributed by atoms with Gasteiger partial charge in [-0.2, -0.15) is 0 Å². The summed E-state index contributed by atoms with van der Waals surface area (Å²) in [4.78, 5) is 17.8. The van der Waals surface area contributed by atoms with Gasteiger partial charge < -0.3 is 15.2 Å². The molecular weight excluding hydrogens is 462 g/mol. The number of aromatic nitrogens is 3. The van der Waals surface area contributed by atoms with Crippen LogP contribution in [0.5, 0.6) is 5.75 Å². The molecule has 3 heterocycles. The SMILES string of the molecule is COc1cccc(Nc2ccc(C3=N[C@@H](CC(=O)O)c4nnc(C)n4-c4sc(C)c(C)c43)cc2)c1. The molecular formula is C26H25N5O3S. The van der Waals surface area contributed by atoms with Gasteiger partial charge in [-0.05, 0) is 50.6 Å². The number of fused-ring (bicyclic) bond motifs is 3. The number of anilines is 2. The number of hydrogen-bond acceptors (Lipinski definition) is 7. The number of rotatable bonds is 6. The Kier molecular flexibility index (Phi) is 5.86. The lowest BCUT2D eigenvalue weighted by Crippen LogP contribution is -2.10. The number of methoxy groups -OCH3 is 1. The first-order chi connectivity index (χ1) is 16.9. The Labute approximate surface area is 206 Å². The fraction of sp³-hybridized carbons (Fsp3) is 0.231. The number of hydrogen-bond donors (Lipinski definition) is 2. The van der Waals surface area contributed by atoms with E-state index in [1.54, 1.807) is 18.4 Å². The molecule has 0 spiro atoms. The molecule has 35 heavy (non-hydrogen) atoms. The van der Waals surface area contributed by atoms with Gasteiger partial charge in [0.05, 0.1) is 19.2 Å². The molecule has 0 fully saturated rings. The number of ether oxygens (including phenoxy) is 1. The minimum absolute atomic E-state index is 0.163. The van der Waals surface area contributed by atoms with Crippen molar-refractivity contribution in [1.29, 1.82) is 0 Å². The van der Waals surface area contributed by atoms with Gasteiger partial charge in [0.25, 0.3) is 0 Å². The van der Waals surface area contributed by atoms with E-state index in [9.17, 15) is 9.90 Å². The van der Waals surface area contributed by atoms with E-state index in [-0.39, 0.29) is 6.42 Å². The standard InChI is InChI=1S/C26H25N5O3S/c1-14-15(2)35-26-23(14)24(28-21(13-22(32)33)25-30-29-16(3)31(25)26)17-8-10-18(11-9-17)27-19-6-5-7-20(12-19)34-4/h5-12,21,27H,13H2,1-4H3,(H,32,33)/t21-/m0/s1. The third kappa shape index (κ3) is 4.19. The third-order valence-corrected chi connectivity index (χ3v) is 7.32. The summed E-state index contributed by atoms with van der Waals surface area (Å²) >= 11 is 1.65. The minimum Gasteiger partial charge on any atom is -0.497 e. The lowest BCUT2D eigenvalue weighted by molar-refractivity contribution is -0.137. The van der Waals surface area contributed by atoms with Crippen LogP contribution in [-0.2, 0) is 4.79 Å². The number of benzene rings is 2. The molecule has 1 aliphatic heterocycles. The number of nitrogens with zero attached hydrogens (tertiary/aromatic N) is 4. The van der Waals surface area contributed by atoms with Crippen molar-refractivity contribution in [2.24, 2.45) is 4.99 Å². The molecule has 4 aromatic rings. The van der Waals surface area contributed by atoms with Crippen molar-refractivity contribution in [1.82, 2.24) is 14.8 Å². The van der Waals surface area contributed by atoms with E-state index in [4.69, 9.17) is 9.73 Å². The number of aliphatic carboxylic acids is 1. The average molecular weight is 488 g/mol. The first-order valence-corrected chi connectivity index (χ1v) is 12.0. The van der Waals surface area contributed by atoms with Gasteiger partial charge in [-0.15, -0.1) is 21.5 Å². The van der Waals surface area contributed by atoms with Crippen LogP contribution in [0.15, 0.2) is 53.5 Å². The van der Waals surface area contributed by atoms with Crippen LogP contribution in [-0.4, -0.2) is 38.7 Å². The highest BCUT2D eigenvalue weighted by Crippen LogP contribution is 2.39. The fourth-order valence-electron chi connectivity index (χ4n) is 4.27. The van der Waals surface area contributed by atoms with Crippen LogP contribution in [0.4, 0.5) is 11.4 Å². The number of thiophene rings is 1. The quantitative estimate of drug-likeness (QED) is 0.379. The van der Waals surface area contributed by atoms with E-state index < -0.39 is 12.0 Å². The molecule has 0 saturated carbocycles. The molecule has 2 aromatic carbocycles. The minimum atomic E-state index is -0.929. The zero-order valence-corrected chi connectivity index (χ0v) is 20.7. The second-order valence-corrected chi connectivity index (χ2v) is 9.63. The van der Waals surface area contributed by atoms with E-state index >= 15 is 0 Å². The van der Waals surface area contributed by atoms with E-state index in [1.807, 2.05) is 60.0 Å². The van der Waals surface area contributed by atoms with Crippen LogP contribution in [0, 0.1) is 20.8 Å². The maximum Gasteiger partial charge on any atom is 0.306 e. The van der Waals surface area contributed by atoms with Crippen LogP contribution in [0.3, 0.4) is 0 Å². The van der Waals surface area contributed by atoms with Gasteiger partial charge in [-0.25, -0.2) is 0 Å². The van der Waals surface area contributed by atoms with Crippen molar-refractivity contribution in [2.45, 2.75) is 33.2 Å². The zero-order valence-electron chi connectivity index (χ0n) is 19.9. The van der Waals surface area contributed by atoms with Gasteiger partial charge in [0, 0.05) is 33.4 Å². The van der Waals surface area contributed by atoms with E-state index in [0.29, 0.717) is 11.6 Å². The second-order valence-electron chi connectivity index (χ2n) is 8.43. The van der Waals surface area contributed by atoms with Gasteiger partial charge in [-0.1, -0.05) is 18.2 Å². The fourth-order valence-corrected chi connectivity index (χ4v) is 5.48. The van der Waals surface area contributed by atoms with Crippen molar-refractivity contribution in [3.05, 3.63) is 81.7 Å². The second kappa shape index (κ2) is 8.99. The number of aliphatic imine (C=N–C) groups is 1. The smallest absolute Gasteiger partial charge is 0.306 e. The van der Waals surface area contributed by atoms with Crippen LogP contribution in [0.1, 0.15) is 45.7 Å². The summed E-state index contributed by atoms with van der Waals surface area (Å²) in [5.41, 5.74) is 5.64. The molecule has 178 valence electrons. The van der Waals surface area contributed by atoms with Gasteiger partial charge in [0.15, 0.2) is 5.82 Å². The molecule has 9 heteroatoms. The molecule has 1 aliphatic rings. The lowest BCUT2D eigenvalue weighted by Gasteiger charge is -2.12. The number of carbonyl (C=O) groups is 1. The highest BCUT2D eigenvalue weighted by atomic mass is 32.1. The Bertz CT molecular complexity index is 1450. The summed E-state index contributed by atoms with van der Waals surface area (Å²) in [5, 5.41) is 22.5. The zero-order chi connectivity index (χ0) is 24.7. The predicted molar refractivity (Wildman–Crippen MR) is 137 cm³/mol. The molecule has 5 rings (SSSR count). The largest absolute Gasteiger partial charge is 0.497 e. The van der Waals surface area contributed by atoms with Gasteiger partial charge in [0.1, 0.15) is 22.6 Å². The third-order valence-electron chi connectivity index (χ3n) is 6.12. The van der Waals surface area contributed by atoms with Crippen molar-refractivity contribution >= 4 is 34.4 Å². The number of aryl methyl sites for hydroxylation is 2. The molecule has 0 unspecified atom stereocenters. The Hall–Kier alpha value is -3.98. The number of carboxylic acids is 1. The molecule has 8 nitrogen and oxygen atoms in total. The topological polar surface area (TPSA) is 102 Å². The Morgan fingerprint density at radius 1 is 1.11 bits per heavy atom. The molecule has 0 aliphatic carbocycles. The van der Waals surface area contributed by atoms with E-state index in [2.05, 4.69) is 29.4 Å². The Morgan fingerprint density at radius 2 is 1.89 bits per heavy atom. The maximum atomic E-state index is 11.7. The average Bonchev–Trinajstić information content (AvgIpc) is 3.32. The molecule has 0 amide bonds. The van der Waals surface area contributed by atoms with Gasteiger partial charge in [0.2, 0.25) is 0 Å². The highest BCUT2D eigenvalue weighted by Gasteiger charge is 2.32. The van der Waals surface area contributed by atoms with Crippen molar-refractivity contribution in [3.63, 3.8) is 0 Å². The van der Waals surface area contributed by atoms with Crippen LogP contribution in [0.2, 0.25) is 0 Å². The van der Waals surface area contributed by atoms with E-state index in [0.717, 1.165) is 44.5 Å². The van der Waals surface area contributed by atoms with Crippen LogP contribution >= 0.6 is 11.3 Å². The van der Waals surface area contributed by atoms with Crippen molar-refractivity contribution < 1.29 is 14.6 Å². The number of nitrogens with one attached hydrogen (secondary N) is 1. The lowest BCUT2D eigenvalue weighted by atomic mass is 9.99. The van der Waals surface area contributed by atoms with Gasteiger partial charge >= 0.3 is 5.97 Å². The first kappa shape index (κ1) is 22.8. The maximum absolute atomic E-state index is 11.7. The summed E-state index contributed by atoms with van der Waals surface area (Å²) < 4.78 is 7.27. The Morgan fingerprint density at radius 3 is 2.60 bits per heavy atom. The van der Waals surface area contributed by atoms with Gasteiger partial charge in [-0.3, -0.25) is 14.4 Å². The molecule has 0 radical (unpaired) electrons. The molecule has 2 N–H and O–H groups in total. The first-order valence-electron chi connectivity index (χ1n) is 11.2. The summed E-state index contributed by atoms with van der Waals surface area (Å²) in [6.45, 7) is 6.05. The summed E-state index contributed by atoms with van der Waals surface area (Å²) in [5.74, 6) is 1.12.